The second-order valence-electron chi connectivity index (χ2n) is 9.25. The lowest BCUT2D eigenvalue weighted by Crippen LogP contribution is -2.17. The van der Waals surface area contributed by atoms with Gasteiger partial charge < -0.3 is 0 Å². The van der Waals surface area contributed by atoms with Crippen molar-refractivity contribution in [2.75, 3.05) is 0 Å². The molecule has 0 saturated carbocycles. The molecule has 178 valence electrons. The molecule has 6 aromatic rings. The maximum absolute atomic E-state index is 8.74. The zero-order valence-electron chi connectivity index (χ0n) is 20.3. The monoisotopic (exact) mass is 487 g/mol. The first-order chi connectivity index (χ1) is 18.7. The van der Waals surface area contributed by atoms with Crippen LogP contribution >= 0.6 is 0 Å². The first-order valence-corrected chi connectivity index (χ1v) is 12.4. The van der Waals surface area contributed by atoms with Crippen molar-refractivity contribution in [2.24, 2.45) is 0 Å². The Kier molecular flexibility index (Phi) is 5.01. The Morgan fingerprint density at radius 1 is 0.500 bits per heavy atom. The van der Waals surface area contributed by atoms with E-state index in [1.165, 1.54) is 0 Å². The normalized spacial score (nSPS) is 12.7. The van der Waals surface area contributed by atoms with Gasteiger partial charge in [-0.15, -0.1) is 0 Å². The minimum Gasteiger partial charge on any atom is -0.299 e. The van der Waals surface area contributed by atoms with E-state index in [-0.39, 0.29) is 11.4 Å². The molecule has 0 atom stereocenters. The molecular formula is C33H21N5. The van der Waals surface area contributed by atoms with Gasteiger partial charge in [0.2, 0.25) is 0 Å². The van der Waals surface area contributed by atoms with Crippen molar-refractivity contribution in [2.45, 2.75) is 0 Å². The lowest BCUT2D eigenvalue weighted by molar-refractivity contribution is 1.23. The summed E-state index contributed by atoms with van der Waals surface area (Å²) in [5, 5.41) is 18.9. The highest BCUT2D eigenvalue weighted by Gasteiger charge is 2.23. The zero-order chi connectivity index (χ0) is 25.6. The van der Waals surface area contributed by atoms with Crippen molar-refractivity contribution in [3.05, 3.63) is 120 Å². The zero-order valence-corrected chi connectivity index (χ0v) is 20.3. The molecule has 0 radical (unpaired) electrons. The number of hydrogen-bond acceptors (Lipinski definition) is 5. The molecule has 2 aromatic heterocycles. The fourth-order valence-corrected chi connectivity index (χ4v) is 5.07. The molecule has 5 heteroatoms. The number of rotatable bonds is 3. The minimum absolute atomic E-state index is 0.197. The maximum atomic E-state index is 8.74. The number of pyridine rings is 1. The molecule has 2 N–H and O–H groups in total. The van der Waals surface area contributed by atoms with Crippen molar-refractivity contribution in [3.63, 3.8) is 0 Å². The van der Waals surface area contributed by atoms with E-state index in [0.29, 0.717) is 5.82 Å². The van der Waals surface area contributed by atoms with E-state index in [0.717, 1.165) is 61.0 Å². The van der Waals surface area contributed by atoms with Gasteiger partial charge in [-0.3, -0.25) is 10.8 Å². The third kappa shape index (κ3) is 3.52. The molecule has 5 nitrogen and oxygen atoms in total. The SMILES string of the molecule is N=C1C=Cc2c(-c3ccccc3)nc3cc(-c4nc(-c5ccccc5)nc5ccccc45)ccc3c2C1=N. The van der Waals surface area contributed by atoms with Gasteiger partial charge in [0.25, 0.3) is 0 Å². The highest BCUT2D eigenvalue weighted by Crippen LogP contribution is 2.36. The van der Waals surface area contributed by atoms with Crippen LogP contribution in [0.3, 0.4) is 0 Å². The maximum Gasteiger partial charge on any atom is 0.160 e. The molecule has 0 amide bonds. The molecule has 0 spiro atoms. The number of allylic oxidation sites excluding steroid dienone is 1. The third-order valence-electron chi connectivity index (χ3n) is 6.92. The summed E-state index contributed by atoms with van der Waals surface area (Å²) in [6.45, 7) is 0. The quantitative estimate of drug-likeness (QED) is 0.270. The van der Waals surface area contributed by atoms with Crippen LogP contribution in [-0.4, -0.2) is 26.4 Å². The molecule has 1 aliphatic carbocycles. The van der Waals surface area contributed by atoms with Crippen LogP contribution in [0.15, 0.2) is 109 Å². The molecule has 2 heterocycles. The van der Waals surface area contributed by atoms with Crippen LogP contribution in [0.1, 0.15) is 11.1 Å². The number of para-hydroxylation sites is 1. The molecule has 0 bridgehead atoms. The number of fused-ring (bicyclic) bond motifs is 4. The Labute approximate surface area is 219 Å². The third-order valence-corrected chi connectivity index (χ3v) is 6.92. The van der Waals surface area contributed by atoms with Crippen molar-refractivity contribution < 1.29 is 0 Å². The average Bonchev–Trinajstić information content (AvgIpc) is 2.98. The van der Waals surface area contributed by atoms with Gasteiger partial charge in [0.05, 0.1) is 33.8 Å². The van der Waals surface area contributed by atoms with Crippen LogP contribution in [0.5, 0.6) is 0 Å². The lowest BCUT2D eigenvalue weighted by atomic mass is 9.87. The number of benzene rings is 4. The first-order valence-electron chi connectivity index (χ1n) is 12.4. The Bertz CT molecular complexity index is 1940. The fraction of sp³-hybridized carbons (Fsp3) is 0. The number of aromatic nitrogens is 3. The summed E-state index contributed by atoms with van der Waals surface area (Å²) in [4.78, 5) is 15.0. The van der Waals surface area contributed by atoms with Gasteiger partial charge in [0.15, 0.2) is 5.82 Å². The summed E-state index contributed by atoms with van der Waals surface area (Å²) in [7, 11) is 0. The molecule has 1 aliphatic rings. The Morgan fingerprint density at radius 3 is 2.00 bits per heavy atom. The lowest BCUT2D eigenvalue weighted by Gasteiger charge is -2.19. The van der Waals surface area contributed by atoms with Crippen molar-refractivity contribution in [1.29, 1.82) is 10.8 Å². The van der Waals surface area contributed by atoms with Gasteiger partial charge in [0.1, 0.15) is 0 Å². The van der Waals surface area contributed by atoms with Gasteiger partial charge in [-0.25, -0.2) is 15.0 Å². The summed E-state index contributed by atoms with van der Waals surface area (Å²) < 4.78 is 0. The minimum atomic E-state index is 0.197. The van der Waals surface area contributed by atoms with Gasteiger partial charge in [-0.05, 0) is 24.3 Å². The largest absolute Gasteiger partial charge is 0.299 e. The number of hydrogen-bond donors (Lipinski definition) is 2. The predicted molar refractivity (Wildman–Crippen MR) is 155 cm³/mol. The fourth-order valence-electron chi connectivity index (χ4n) is 5.07. The molecule has 7 rings (SSSR count). The molecular weight excluding hydrogens is 466 g/mol. The van der Waals surface area contributed by atoms with Crippen molar-refractivity contribution in [1.82, 2.24) is 15.0 Å². The summed E-state index contributed by atoms with van der Waals surface area (Å²) in [6, 6.07) is 34.1. The Hall–Kier alpha value is -5.29. The topological polar surface area (TPSA) is 86.4 Å². The molecule has 0 aliphatic heterocycles. The summed E-state index contributed by atoms with van der Waals surface area (Å²) in [5.74, 6) is 0.670. The van der Waals surface area contributed by atoms with Crippen molar-refractivity contribution >= 4 is 39.3 Å². The van der Waals surface area contributed by atoms with E-state index in [9.17, 15) is 0 Å². The van der Waals surface area contributed by atoms with Crippen LogP contribution < -0.4 is 0 Å². The van der Waals surface area contributed by atoms with Crippen LogP contribution in [0.4, 0.5) is 0 Å². The molecule has 38 heavy (non-hydrogen) atoms. The van der Waals surface area contributed by atoms with Crippen LogP contribution in [0, 0.1) is 10.8 Å². The van der Waals surface area contributed by atoms with Crippen LogP contribution in [0.25, 0.3) is 61.8 Å². The second-order valence-corrected chi connectivity index (χ2v) is 9.25. The molecule has 0 fully saturated rings. The van der Waals surface area contributed by atoms with Crippen molar-refractivity contribution in [3.8, 4) is 33.9 Å². The average molecular weight is 488 g/mol. The van der Waals surface area contributed by atoms with E-state index >= 15 is 0 Å². The molecule has 4 aromatic carbocycles. The highest BCUT2D eigenvalue weighted by molar-refractivity contribution is 6.54. The van der Waals surface area contributed by atoms with Gasteiger partial charge in [-0.1, -0.05) is 91.0 Å². The van der Waals surface area contributed by atoms with E-state index in [1.807, 2.05) is 109 Å². The van der Waals surface area contributed by atoms with Gasteiger partial charge in [0, 0.05) is 38.6 Å². The standard InChI is InChI=1S/C33H21N5/c34-26-18-17-25-29(30(26)35)23-16-15-22(19-28(23)36-31(25)20-9-3-1-4-10-20)32-24-13-7-8-14-27(24)37-33(38-32)21-11-5-2-6-12-21/h1-19,34-35H. The van der Waals surface area contributed by atoms with E-state index in [4.69, 9.17) is 25.8 Å². The van der Waals surface area contributed by atoms with E-state index in [1.54, 1.807) is 6.08 Å². The van der Waals surface area contributed by atoms with Gasteiger partial charge >= 0.3 is 0 Å². The number of nitrogens with one attached hydrogen (secondary N) is 2. The summed E-state index contributed by atoms with van der Waals surface area (Å²) in [5.41, 5.74) is 8.14. The van der Waals surface area contributed by atoms with Gasteiger partial charge in [-0.2, -0.15) is 0 Å². The highest BCUT2D eigenvalue weighted by atomic mass is 14.9. The van der Waals surface area contributed by atoms with E-state index in [2.05, 4.69) is 0 Å². The van der Waals surface area contributed by atoms with Crippen LogP contribution in [-0.2, 0) is 0 Å². The smallest absolute Gasteiger partial charge is 0.160 e. The predicted octanol–water partition coefficient (Wildman–Crippen LogP) is 7.59. The van der Waals surface area contributed by atoms with Crippen LogP contribution in [0.2, 0.25) is 0 Å². The second kappa shape index (κ2) is 8.68. The Morgan fingerprint density at radius 2 is 1.21 bits per heavy atom. The number of nitrogens with zero attached hydrogens (tertiary/aromatic N) is 3. The molecule has 0 saturated heterocycles. The van der Waals surface area contributed by atoms with E-state index < -0.39 is 0 Å². The Balaban J connectivity index is 1.51. The summed E-state index contributed by atoms with van der Waals surface area (Å²) >= 11 is 0. The molecule has 0 unspecified atom stereocenters. The first kappa shape index (κ1) is 21.9. The summed E-state index contributed by atoms with van der Waals surface area (Å²) in [6.07, 6.45) is 3.58.